The van der Waals surface area contributed by atoms with Crippen molar-refractivity contribution in [3.05, 3.63) is 113 Å². The van der Waals surface area contributed by atoms with Crippen molar-refractivity contribution in [3.8, 4) is 0 Å². The lowest BCUT2D eigenvalue weighted by molar-refractivity contribution is -0.124. The van der Waals surface area contributed by atoms with Crippen molar-refractivity contribution in [2.45, 2.75) is 6.54 Å². The molecule has 3 amide bonds. The number of ether oxygens (including phenoxy) is 1. The number of anilines is 1. The highest BCUT2D eigenvalue weighted by Gasteiger charge is 2.33. The number of benzene rings is 4. The summed E-state index contributed by atoms with van der Waals surface area (Å²) in [6.07, 6.45) is 0. The van der Waals surface area contributed by atoms with Gasteiger partial charge in [-0.1, -0.05) is 36.4 Å². The molecule has 0 bridgehead atoms. The summed E-state index contributed by atoms with van der Waals surface area (Å²) in [5.41, 5.74) is 2.03. The van der Waals surface area contributed by atoms with Gasteiger partial charge in [-0.15, -0.1) is 0 Å². The number of rotatable bonds is 6. The topological polar surface area (TPSA) is 92.8 Å². The van der Waals surface area contributed by atoms with E-state index < -0.39 is 30.3 Å². The molecule has 0 unspecified atom stereocenters. The molecule has 1 heterocycles. The second kappa shape index (κ2) is 9.42. The van der Waals surface area contributed by atoms with Crippen LogP contribution >= 0.6 is 0 Å². The molecule has 36 heavy (non-hydrogen) atoms. The number of nitrogens with one attached hydrogen (secondary N) is 1. The Bertz CT molecular complexity index is 1460. The molecule has 4 aromatic carbocycles. The van der Waals surface area contributed by atoms with Crippen LogP contribution in [0.4, 0.5) is 10.1 Å². The van der Waals surface area contributed by atoms with Gasteiger partial charge in [0.05, 0.1) is 11.3 Å². The number of carbonyl (C=O) groups excluding carboxylic acids is 4. The van der Waals surface area contributed by atoms with Crippen LogP contribution in [0.2, 0.25) is 0 Å². The molecule has 8 heteroatoms. The number of imide groups is 1. The zero-order chi connectivity index (χ0) is 25.2. The van der Waals surface area contributed by atoms with Gasteiger partial charge < -0.3 is 10.1 Å². The quantitative estimate of drug-likeness (QED) is 0.328. The molecule has 0 aromatic heterocycles. The van der Waals surface area contributed by atoms with Crippen molar-refractivity contribution in [3.63, 3.8) is 0 Å². The van der Waals surface area contributed by atoms with Gasteiger partial charge in [0.2, 0.25) is 0 Å². The van der Waals surface area contributed by atoms with Crippen molar-refractivity contribution < 1.29 is 28.3 Å². The van der Waals surface area contributed by atoms with Gasteiger partial charge in [-0.25, -0.2) is 14.1 Å². The summed E-state index contributed by atoms with van der Waals surface area (Å²) < 4.78 is 18.0. The average Bonchev–Trinajstić information content (AvgIpc) is 2.90. The maximum atomic E-state index is 13.1. The van der Waals surface area contributed by atoms with E-state index in [2.05, 4.69) is 5.32 Å². The van der Waals surface area contributed by atoms with E-state index >= 15 is 0 Å². The average molecular weight is 482 g/mol. The van der Waals surface area contributed by atoms with Crippen LogP contribution in [-0.4, -0.2) is 30.3 Å². The van der Waals surface area contributed by atoms with Crippen LogP contribution in [0.3, 0.4) is 0 Å². The van der Waals surface area contributed by atoms with Crippen molar-refractivity contribution in [2.24, 2.45) is 0 Å². The number of hydrogen-bond donors (Lipinski definition) is 1. The van der Waals surface area contributed by atoms with Gasteiger partial charge in [0, 0.05) is 23.1 Å². The molecular formula is C28H19FN2O5. The molecule has 5 rings (SSSR count). The third-order valence-corrected chi connectivity index (χ3v) is 5.87. The minimum atomic E-state index is -0.732. The SMILES string of the molecule is O=C(COC(=O)c1ccc(N2C(=O)c3cccc4cccc(c34)C2=O)cc1)NCc1ccc(F)cc1. The van der Waals surface area contributed by atoms with Gasteiger partial charge in [-0.05, 0) is 59.5 Å². The Balaban J connectivity index is 1.24. The predicted molar refractivity (Wildman–Crippen MR) is 130 cm³/mol. The highest BCUT2D eigenvalue weighted by atomic mass is 19.1. The third-order valence-electron chi connectivity index (χ3n) is 5.87. The van der Waals surface area contributed by atoms with Crippen molar-refractivity contribution in [1.82, 2.24) is 5.32 Å². The Morgan fingerprint density at radius 2 is 1.42 bits per heavy atom. The standard InChI is InChI=1S/C28H19FN2O5/c29-20-11-7-17(8-12-20)15-30-24(32)16-36-28(35)19-9-13-21(14-10-19)31-26(33)22-5-1-3-18-4-2-6-23(25(18)22)27(31)34/h1-14H,15-16H2,(H,30,32). The molecule has 178 valence electrons. The van der Waals surface area contributed by atoms with E-state index in [1.807, 2.05) is 12.1 Å². The smallest absolute Gasteiger partial charge is 0.338 e. The van der Waals surface area contributed by atoms with E-state index in [0.717, 1.165) is 10.3 Å². The predicted octanol–water partition coefficient (Wildman–Crippen LogP) is 4.25. The molecule has 0 saturated carbocycles. The summed E-state index contributed by atoms with van der Waals surface area (Å²) in [6, 6.07) is 22.1. The zero-order valence-corrected chi connectivity index (χ0v) is 18.9. The Hall–Kier alpha value is -4.85. The molecule has 0 aliphatic carbocycles. The Morgan fingerprint density at radius 1 is 0.806 bits per heavy atom. The summed E-state index contributed by atoms with van der Waals surface area (Å²) in [6.45, 7) is -0.328. The maximum absolute atomic E-state index is 13.1. The van der Waals surface area contributed by atoms with Crippen LogP contribution < -0.4 is 10.2 Å². The van der Waals surface area contributed by atoms with Gasteiger partial charge >= 0.3 is 5.97 Å². The van der Waals surface area contributed by atoms with E-state index in [1.165, 1.54) is 36.4 Å². The number of esters is 1. The minimum Gasteiger partial charge on any atom is -0.452 e. The first-order valence-corrected chi connectivity index (χ1v) is 11.1. The third kappa shape index (κ3) is 4.32. The lowest BCUT2D eigenvalue weighted by atomic mass is 9.94. The second-order valence-electron chi connectivity index (χ2n) is 8.18. The molecule has 0 radical (unpaired) electrons. The van der Waals surface area contributed by atoms with Crippen LogP contribution in [0.15, 0.2) is 84.9 Å². The van der Waals surface area contributed by atoms with Gasteiger partial charge in [0.1, 0.15) is 5.82 Å². The van der Waals surface area contributed by atoms with Crippen molar-refractivity contribution in [2.75, 3.05) is 11.5 Å². The first-order chi connectivity index (χ1) is 17.4. The second-order valence-corrected chi connectivity index (χ2v) is 8.18. The highest BCUT2D eigenvalue weighted by molar-refractivity contribution is 6.35. The minimum absolute atomic E-state index is 0.157. The lowest BCUT2D eigenvalue weighted by Gasteiger charge is -2.27. The Labute approximate surface area is 205 Å². The van der Waals surface area contributed by atoms with E-state index in [0.29, 0.717) is 27.8 Å². The van der Waals surface area contributed by atoms with Crippen LogP contribution in [0.25, 0.3) is 10.8 Å². The molecule has 1 aliphatic heterocycles. The van der Waals surface area contributed by atoms with E-state index in [4.69, 9.17) is 4.74 Å². The zero-order valence-electron chi connectivity index (χ0n) is 18.9. The Kier molecular flexibility index (Phi) is 6.00. The van der Waals surface area contributed by atoms with Gasteiger partial charge in [-0.3, -0.25) is 14.4 Å². The van der Waals surface area contributed by atoms with Crippen LogP contribution in [-0.2, 0) is 16.1 Å². The number of halogens is 1. The van der Waals surface area contributed by atoms with Gasteiger partial charge in [0.15, 0.2) is 6.61 Å². The summed E-state index contributed by atoms with van der Waals surface area (Å²) >= 11 is 0. The van der Waals surface area contributed by atoms with Gasteiger partial charge in [-0.2, -0.15) is 0 Å². The summed E-state index contributed by atoms with van der Waals surface area (Å²) in [5, 5.41) is 4.02. The first-order valence-electron chi connectivity index (χ1n) is 11.1. The summed E-state index contributed by atoms with van der Waals surface area (Å²) in [4.78, 5) is 51.7. The molecule has 1 aliphatic rings. The monoisotopic (exact) mass is 482 g/mol. The molecule has 0 atom stereocenters. The fourth-order valence-electron chi connectivity index (χ4n) is 4.08. The van der Waals surface area contributed by atoms with E-state index in [1.54, 1.807) is 36.4 Å². The summed E-state index contributed by atoms with van der Waals surface area (Å²) in [7, 11) is 0. The molecule has 0 spiro atoms. The molecular weight excluding hydrogens is 463 g/mol. The number of hydrogen-bond acceptors (Lipinski definition) is 5. The number of amides is 3. The van der Waals surface area contributed by atoms with Gasteiger partial charge in [0.25, 0.3) is 17.7 Å². The maximum Gasteiger partial charge on any atom is 0.338 e. The fourth-order valence-corrected chi connectivity index (χ4v) is 4.08. The molecule has 4 aromatic rings. The molecule has 0 saturated heterocycles. The first kappa shape index (κ1) is 22.9. The summed E-state index contributed by atoms with van der Waals surface area (Å²) in [5.74, 6) is -2.51. The van der Waals surface area contributed by atoms with Crippen LogP contribution in [0, 0.1) is 5.82 Å². The largest absolute Gasteiger partial charge is 0.452 e. The highest BCUT2D eigenvalue weighted by Crippen LogP contribution is 2.32. The van der Waals surface area contributed by atoms with Crippen molar-refractivity contribution in [1.29, 1.82) is 0 Å². The van der Waals surface area contributed by atoms with Crippen LogP contribution in [0.5, 0.6) is 0 Å². The van der Waals surface area contributed by atoms with Crippen molar-refractivity contribution >= 4 is 40.2 Å². The van der Waals surface area contributed by atoms with E-state index in [-0.39, 0.29) is 17.9 Å². The number of nitrogens with zero attached hydrogens (tertiary/aromatic N) is 1. The molecule has 1 N–H and O–H groups in total. The fraction of sp³-hybridized carbons (Fsp3) is 0.0714. The van der Waals surface area contributed by atoms with Crippen LogP contribution in [0.1, 0.15) is 36.6 Å². The lowest BCUT2D eigenvalue weighted by Crippen LogP contribution is -2.40. The molecule has 7 nitrogen and oxygen atoms in total. The Morgan fingerprint density at radius 3 is 2.03 bits per heavy atom. The molecule has 0 fully saturated rings. The van der Waals surface area contributed by atoms with E-state index in [9.17, 15) is 23.6 Å². The normalized spacial score (nSPS) is 12.5. The number of carbonyl (C=O) groups is 4.